The number of nitrogens with one attached hydrogen (secondary N) is 2. The molecule has 0 aliphatic carbocycles. The first kappa shape index (κ1) is 14.5. The summed E-state index contributed by atoms with van der Waals surface area (Å²) >= 11 is 0. The van der Waals surface area contributed by atoms with Gasteiger partial charge >= 0.3 is 11.8 Å². The van der Waals surface area contributed by atoms with Crippen LogP contribution in [0.3, 0.4) is 0 Å². The minimum absolute atomic E-state index is 0.0342. The van der Waals surface area contributed by atoms with Gasteiger partial charge in [-0.25, -0.2) is 0 Å². The van der Waals surface area contributed by atoms with E-state index in [1.807, 2.05) is 32.0 Å². The number of benzene rings is 1. The second-order valence-electron chi connectivity index (χ2n) is 5.07. The summed E-state index contributed by atoms with van der Waals surface area (Å²) < 4.78 is 5.39. The molecule has 2 amide bonds. The van der Waals surface area contributed by atoms with Crippen molar-refractivity contribution in [2.45, 2.75) is 32.8 Å². The Labute approximate surface area is 118 Å². The number of hydrogen-bond donors (Lipinski definition) is 2. The highest BCUT2D eigenvalue weighted by molar-refractivity contribution is 6.39. The Balaban J connectivity index is 1.89. The lowest BCUT2D eigenvalue weighted by Crippen LogP contribution is -2.39. The molecule has 1 unspecified atom stereocenters. The van der Waals surface area contributed by atoms with Crippen molar-refractivity contribution in [1.29, 1.82) is 0 Å². The molecular formula is C15H20N2O3. The highest BCUT2D eigenvalue weighted by atomic mass is 16.5. The van der Waals surface area contributed by atoms with Crippen molar-refractivity contribution in [2.24, 2.45) is 0 Å². The van der Waals surface area contributed by atoms with Gasteiger partial charge in [-0.3, -0.25) is 9.59 Å². The number of ether oxygens (including phenoxy) is 1. The van der Waals surface area contributed by atoms with Crippen LogP contribution < -0.4 is 10.6 Å². The van der Waals surface area contributed by atoms with Crippen molar-refractivity contribution in [3.05, 3.63) is 29.3 Å². The molecule has 1 atom stereocenters. The lowest BCUT2D eigenvalue weighted by Gasteiger charge is -2.13. The molecule has 0 radical (unpaired) electrons. The van der Waals surface area contributed by atoms with Crippen molar-refractivity contribution in [3.63, 3.8) is 0 Å². The van der Waals surface area contributed by atoms with Crippen LogP contribution in [0.5, 0.6) is 0 Å². The van der Waals surface area contributed by atoms with Gasteiger partial charge in [-0.1, -0.05) is 18.2 Å². The van der Waals surface area contributed by atoms with E-state index in [0.717, 1.165) is 30.6 Å². The summed E-state index contributed by atoms with van der Waals surface area (Å²) in [4.78, 5) is 23.6. The number of para-hydroxylation sites is 1. The molecule has 5 nitrogen and oxygen atoms in total. The Morgan fingerprint density at radius 2 is 1.95 bits per heavy atom. The van der Waals surface area contributed by atoms with Crippen molar-refractivity contribution >= 4 is 17.5 Å². The van der Waals surface area contributed by atoms with Gasteiger partial charge in [0.1, 0.15) is 0 Å². The number of aryl methyl sites for hydroxylation is 2. The quantitative estimate of drug-likeness (QED) is 0.823. The van der Waals surface area contributed by atoms with E-state index in [-0.39, 0.29) is 6.10 Å². The minimum Gasteiger partial charge on any atom is -0.376 e. The molecule has 0 spiro atoms. The first-order valence-electron chi connectivity index (χ1n) is 6.85. The summed E-state index contributed by atoms with van der Waals surface area (Å²) in [6, 6.07) is 5.71. The molecule has 1 fully saturated rings. The summed E-state index contributed by atoms with van der Waals surface area (Å²) in [6.45, 7) is 4.91. The summed E-state index contributed by atoms with van der Waals surface area (Å²) in [5.74, 6) is -1.26. The Morgan fingerprint density at radius 3 is 2.55 bits per heavy atom. The molecule has 1 aliphatic heterocycles. The Kier molecular flexibility index (Phi) is 4.74. The zero-order valence-corrected chi connectivity index (χ0v) is 11.9. The Hall–Kier alpha value is -1.88. The minimum atomic E-state index is -0.639. The van der Waals surface area contributed by atoms with Gasteiger partial charge in [0, 0.05) is 18.8 Å². The Bertz CT molecular complexity index is 488. The molecule has 5 heteroatoms. The fourth-order valence-corrected chi connectivity index (χ4v) is 2.27. The maximum Gasteiger partial charge on any atom is 0.313 e. The topological polar surface area (TPSA) is 67.4 Å². The molecule has 2 N–H and O–H groups in total. The van der Waals surface area contributed by atoms with Gasteiger partial charge in [-0.05, 0) is 37.8 Å². The smallest absolute Gasteiger partial charge is 0.313 e. The van der Waals surface area contributed by atoms with E-state index in [0.29, 0.717) is 12.2 Å². The number of amides is 2. The van der Waals surface area contributed by atoms with Crippen molar-refractivity contribution in [3.8, 4) is 0 Å². The third kappa shape index (κ3) is 3.57. The molecule has 2 rings (SSSR count). The largest absolute Gasteiger partial charge is 0.376 e. The van der Waals surface area contributed by atoms with E-state index >= 15 is 0 Å². The molecule has 0 saturated carbocycles. The van der Waals surface area contributed by atoms with Crippen LogP contribution in [-0.2, 0) is 14.3 Å². The molecule has 20 heavy (non-hydrogen) atoms. The van der Waals surface area contributed by atoms with Gasteiger partial charge in [0.2, 0.25) is 0 Å². The summed E-state index contributed by atoms with van der Waals surface area (Å²) in [5.41, 5.74) is 2.57. The fourth-order valence-electron chi connectivity index (χ4n) is 2.27. The monoisotopic (exact) mass is 276 g/mol. The molecule has 1 aromatic rings. The zero-order valence-electron chi connectivity index (χ0n) is 11.9. The van der Waals surface area contributed by atoms with Crippen molar-refractivity contribution < 1.29 is 14.3 Å². The van der Waals surface area contributed by atoms with Gasteiger partial charge in [-0.15, -0.1) is 0 Å². The van der Waals surface area contributed by atoms with Crippen LogP contribution in [0.2, 0.25) is 0 Å². The zero-order chi connectivity index (χ0) is 14.5. The predicted octanol–water partition coefficient (Wildman–Crippen LogP) is 1.54. The van der Waals surface area contributed by atoms with Crippen LogP contribution in [-0.4, -0.2) is 31.1 Å². The maximum absolute atomic E-state index is 11.9. The SMILES string of the molecule is Cc1cccc(C)c1NC(=O)C(=O)NCC1CCCO1. The number of carbonyl (C=O) groups excluding carboxylic acids is 2. The molecule has 1 saturated heterocycles. The molecule has 1 aliphatic rings. The number of rotatable bonds is 3. The third-order valence-corrected chi connectivity index (χ3v) is 3.44. The van der Waals surface area contributed by atoms with Gasteiger partial charge in [0.05, 0.1) is 6.10 Å². The van der Waals surface area contributed by atoms with Crippen LogP contribution in [0, 0.1) is 13.8 Å². The van der Waals surface area contributed by atoms with E-state index in [9.17, 15) is 9.59 Å². The fraction of sp³-hybridized carbons (Fsp3) is 0.467. The average molecular weight is 276 g/mol. The molecule has 1 aromatic carbocycles. The standard InChI is InChI=1S/C15H20N2O3/c1-10-5-3-6-11(2)13(10)17-15(19)14(18)16-9-12-7-4-8-20-12/h3,5-6,12H,4,7-9H2,1-2H3,(H,16,18)(H,17,19). The van der Waals surface area contributed by atoms with Crippen LogP contribution in [0.25, 0.3) is 0 Å². The maximum atomic E-state index is 11.9. The van der Waals surface area contributed by atoms with E-state index in [1.54, 1.807) is 0 Å². The number of carbonyl (C=O) groups is 2. The van der Waals surface area contributed by atoms with E-state index < -0.39 is 11.8 Å². The molecule has 1 heterocycles. The van der Waals surface area contributed by atoms with E-state index in [4.69, 9.17) is 4.74 Å². The van der Waals surface area contributed by atoms with E-state index in [2.05, 4.69) is 10.6 Å². The normalized spacial score (nSPS) is 17.8. The first-order valence-corrected chi connectivity index (χ1v) is 6.85. The predicted molar refractivity (Wildman–Crippen MR) is 76.5 cm³/mol. The lowest BCUT2D eigenvalue weighted by molar-refractivity contribution is -0.136. The van der Waals surface area contributed by atoms with Gasteiger partial charge in [-0.2, -0.15) is 0 Å². The summed E-state index contributed by atoms with van der Waals surface area (Å²) in [5, 5.41) is 5.27. The molecule has 0 aromatic heterocycles. The molecule has 0 bridgehead atoms. The van der Waals surface area contributed by atoms with Crippen molar-refractivity contribution in [2.75, 3.05) is 18.5 Å². The highest BCUT2D eigenvalue weighted by Gasteiger charge is 2.20. The first-order chi connectivity index (χ1) is 9.58. The van der Waals surface area contributed by atoms with Crippen molar-refractivity contribution in [1.82, 2.24) is 5.32 Å². The number of anilines is 1. The van der Waals surface area contributed by atoms with Gasteiger partial charge in [0.15, 0.2) is 0 Å². The van der Waals surface area contributed by atoms with Crippen LogP contribution in [0.4, 0.5) is 5.69 Å². The van der Waals surface area contributed by atoms with Crippen LogP contribution in [0.15, 0.2) is 18.2 Å². The second-order valence-corrected chi connectivity index (χ2v) is 5.07. The summed E-state index contributed by atoms with van der Waals surface area (Å²) in [6.07, 6.45) is 1.97. The second kappa shape index (κ2) is 6.52. The summed E-state index contributed by atoms with van der Waals surface area (Å²) in [7, 11) is 0. The Morgan fingerprint density at radius 1 is 1.25 bits per heavy atom. The molecule has 108 valence electrons. The van der Waals surface area contributed by atoms with Crippen LogP contribution >= 0.6 is 0 Å². The number of hydrogen-bond acceptors (Lipinski definition) is 3. The van der Waals surface area contributed by atoms with E-state index in [1.165, 1.54) is 0 Å². The van der Waals surface area contributed by atoms with Gasteiger partial charge in [0.25, 0.3) is 0 Å². The van der Waals surface area contributed by atoms with Crippen LogP contribution in [0.1, 0.15) is 24.0 Å². The third-order valence-electron chi connectivity index (χ3n) is 3.44. The lowest BCUT2D eigenvalue weighted by atomic mass is 10.1. The highest BCUT2D eigenvalue weighted by Crippen LogP contribution is 2.19. The van der Waals surface area contributed by atoms with Gasteiger partial charge < -0.3 is 15.4 Å². The molecular weight excluding hydrogens is 256 g/mol. The average Bonchev–Trinajstić information content (AvgIpc) is 2.93.